The van der Waals surface area contributed by atoms with Gasteiger partial charge in [-0.2, -0.15) is 0 Å². The second-order valence-electron chi connectivity index (χ2n) is 5.62. The quantitative estimate of drug-likeness (QED) is 0.806. The number of benzene rings is 1. The summed E-state index contributed by atoms with van der Waals surface area (Å²) in [5.74, 6) is -0.133. The van der Waals surface area contributed by atoms with Crippen LogP contribution >= 0.6 is 0 Å². The normalized spacial score (nSPS) is 13.6. The van der Waals surface area contributed by atoms with E-state index in [0.717, 1.165) is 24.9 Å². The molecule has 1 rings (SSSR count). The lowest BCUT2D eigenvalue weighted by molar-refractivity contribution is 0.0117. The minimum atomic E-state index is -0.142. The van der Waals surface area contributed by atoms with Crippen molar-refractivity contribution >= 4 is 0 Å². The molecule has 2 nitrogen and oxygen atoms in total. The summed E-state index contributed by atoms with van der Waals surface area (Å²) in [4.78, 5) is 0. The van der Waals surface area contributed by atoms with Gasteiger partial charge in [-0.1, -0.05) is 19.1 Å². The average molecular weight is 267 g/mol. The van der Waals surface area contributed by atoms with E-state index in [1.54, 1.807) is 20.1 Å². The summed E-state index contributed by atoms with van der Waals surface area (Å²) < 4.78 is 19.1. The van der Waals surface area contributed by atoms with Gasteiger partial charge in [-0.3, -0.25) is 0 Å². The molecule has 1 atom stereocenters. The Hall–Kier alpha value is -0.930. The zero-order valence-electron chi connectivity index (χ0n) is 12.7. The first-order chi connectivity index (χ1) is 8.89. The van der Waals surface area contributed by atoms with Crippen molar-refractivity contribution in [1.29, 1.82) is 0 Å². The fraction of sp³-hybridized carbons (Fsp3) is 0.625. The molecule has 0 fully saturated rings. The van der Waals surface area contributed by atoms with Crippen LogP contribution in [-0.2, 0) is 4.74 Å². The maximum atomic E-state index is 13.7. The highest BCUT2D eigenvalue weighted by molar-refractivity contribution is 5.25. The molecule has 0 aromatic heterocycles. The number of aryl methyl sites for hydroxylation is 1. The van der Waals surface area contributed by atoms with Gasteiger partial charge in [0.25, 0.3) is 0 Å². The first-order valence-corrected chi connectivity index (χ1v) is 6.94. The number of rotatable bonds is 7. The van der Waals surface area contributed by atoms with Crippen LogP contribution in [0.2, 0.25) is 0 Å². The van der Waals surface area contributed by atoms with E-state index in [0.29, 0.717) is 5.56 Å². The molecule has 0 bridgehead atoms. The summed E-state index contributed by atoms with van der Waals surface area (Å²) in [6, 6.07) is 5.67. The van der Waals surface area contributed by atoms with Crippen LogP contribution in [-0.4, -0.2) is 19.3 Å². The van der Waals surface area contributed by atoms with E-state index >= 15 is 0 Å². The lowest BCUT2D eigenvalue weighted by Crippen LogP contribution is -2.27. The highest BCUT2D eigenvalue weighted by atomic mass is 19.1. The van der Waals surface area contributed by atoms with Gasteiger partial charge in [0.2, 0.25) is 0 Å². The Morgan fingerprint density at radius 3 is 2.58 bits per heavy atom. The zero-order chi connectivity index (χ0) is 14.5. The van der Waals surface area contributed by atoms with Crippen LogP contribution < -0.4 is 5.32 Å². The van der Waals surface area contributed by atoms with E-state index in [1.165, 1.54) is 0 Å². The molecule has 0 heterocycles. The van der Waals surface area contributed by atoms with Crippen LogP contribution in [0.3, 0.4) is 0 Å². The summed E-state index contributed by atoms with van der Waals surface area (Å²) in [7, 11) is 1.73. The van der Waals surface area contributed by atoms with Crippen molar-refractivity contribution in [2.75, 3.05) is 13.7 Å². The largest absolute Gasteiger partial charge is 0.379 e. The Morgan fingerprint density at radius 1 is 1.37 bits per heavy atom. The van der Waals surface area contributed by atoms with Crippen molar-refractivity contribution in [2.45, 2.75) is 52.2 Å². The number of nitrogens with one attached hydrogen (secondary N) is 1. The molecule has 3 heteroatoms. The van der Waals surface area contributed by atoms with Gasteiger partial charge in [0.15, 0.2) is 0 Å². The fourth-order valence-electron chi connectivity index (χ4n) is 2.05. The molecule has 0 saturated heterocycles. The van der Waals surface area contributed by atoms with Crippen molar-refractivity contribution in [3.05, 3.63) is 35.1 Å². The topological polar surface area (TPSA) is 21.3 Å². The third kappa shape index (κ3) is 4.92. The van der Waals surface area contributed by atoms with Gasteiger partial charge in [0.05, 0.1) is 5.60 Å². The second-order valence-corrected chi connectivity index (χ2v) is 5.62. The Balaban J connectivity index is 2.79. The fourth-order valence-corrected chi connectivity index (χ4v) is 2.05. The van der Waals surface area contributed by atoms with Crippen LogP contribution in [0.25, 0.3) is 0 Å². The Morgan fingerprint density at radius 2 is 2.05 bits per heavy atom. The molecule has 1 aromatic rings. The van der Waals surface area contributed by atoms with Gasteiger partial charge in [-0.25, -0.2) is 4.39 Å². The molecular weight excluding hydrogens is 241 g/mol. The standard InChI is InChI=1S/C16H26FNO/c1-6-18-15(9-10-16(3,4)19-5)13-8-7-12(2)14(17)11-13/h7-8,11,15,18H,6,9-10H2,1-5H3. The van der Waals surface area contributed by atoms with Crippen LogP contribution in [0.4, 0.5) is 4.39 Å². The highest BCUT2D eigenvalue weighted by Crippen LogP contribution is 2.25. The average Bonchev–Trinajstić information content (AvgIpc) is 2.38. The Kier molecular flexibility index (Phi) is 5.95. The molecule has 0 spiro atoms. The van der Waals surface area contributed by atoms with Crippen molar-refractivity contribution < 1.29 is 9.13 Å². The predicted molar refractivity (Wildman–Crippen MR) is 77.9 cm³/mol. The molecule has 0 saturated carbocycles. The zero-order valence-corrected chi connectivity index (χ0v) is 12.7. The summed E-state index contributed by atoms with van der Waals surface area (Å²) in [5.41, 5.74) is 1.56. The molecule has 1 N–H and O–H groups in total. The molecule has 0 amide bonds. The maximum Gasteiger partial charge on any atom is 0.126 e. The number of hydrogen-bond acceptors (Lipinski definition) is 2. The number of methoxy groups -OCH3 is 1. The SMILES string of the molecule is CCNC(CCC(C)(C)OC)c1ccc(C)c(F)c1. The lowest BCUT2D eigenvalue weighted by atomic mass is 9.94. The van der Waals surface area contributed by atoms with Crippen LogP contribution in [0.5, 0.6) is 0 Å². The summed E-state index contributed by atoms with van der Waals surface area (Å²) in [6.07, 6.45) is 1.86. The van der Waals surface area contributed by atoms with Gasteiger partial charge >= 0.3 is 0 Å². The van der Waals surface area contributed by atoms with Crippen molar-refractivity contribution in [3.8, 4) is 0 Å². The molecule has 1 aromatic carbocycles. The number of halogens is 1. The molecule has 0 aliphatic carbocycles. The minimum absolute atomic E-state index is 0.133. The van der Waals surface area contributed by atoms with Crippen molar-refractivity contribution in [2.24, 2.45) is 0 Å². The Labute approximate surface area is 116 Å². The van der Waals surface area contributed by atoms with Gasteiger partial charge in [0, 0.05) is 13.2 Å². The smallest absolute Gasteiger partial charge is 0.126 e. The molecular formula is C16H26FNO. The number of hydrogen-bond donors (Lipinski definition) is 1. The number of ether oxygens (including phenoxy) is 1. The van der Waals surface area contributed by atoms with Gasteiger partial charge < -0.3 is 10.1 Å². The van der Waals surface area contributed by atoms with E-state index in [9.17, 15) is 4.39 Å². The van der Waals surface area contributed by atoms with E-state index in [-0.39, 0.29) is 17.5 Å². The molecule has 19 heavy (non-hydrogen) atoms. The van der Waals surface area contributed by atoms with Gasteiger partial charge in [-0.05, 0) is 57.4 Å². The minimum Gasteiger partial charge on any atom is -0.379 e. The first-order valence-electron chi connectivity index (χ1n) is 6.94. The molecule has 0 radical (unpaired) electrons. The Bertz CT molecular complexity index is 404. The highest BCUT2D eigenvalue weighted by Gasteiger charge is 2.20. The second kappa shape index (κ2) is 7.01. The van der Waals surface area contributed by atoms with E-state index in [2.05, 4.69) is 26.1 Å². The third-order valence-electron chi connectivity index (χ3n) is 3.64. The summed E-state index contributed by atoms with van der Waals surface area (Å²) >= 11 is 0. The third-order valence-corrected chi connectivity index (χ3v) is 3.64. The van der Waals surface area contributed by atoms with Gasteiger partial charge in [-0.15, -0.1) is 0 Å². The van der Waals surface area contributed by atoms with Crippen LogP contribution in [0.1, 0.15) is 50.8 Å². The maximum absolute atomic E-state index is 13.7. The van der Waals surface area contributed by atoms with Crippen LogP contribution in [0, 0.1) is 12.7 Å². The molecule has 0 aliphatic rings. The van der Waals surface area contributed by atoms with Crippen molar-refractivity contribution in [1.82, 2.24) is 5.32 Å². The van der Waals surface area contributed by atoms with E-state index in [1.807, 2.05) is 12.1 Å². The van der Waals surface area contributed by atoms with Gasteiger partial charge in [0.1, 0.15) is 5.82 Å². The molecule has 0 aliphatic heterocycles. The first kappa shape index (κ1) is 16.1. The summed E-state index contributed by atoms with van der Waals surface area (Å²) in [6.45, 7) is 8.87. The predicted octanol–water partition coefficient (Wildman–Crippen LogP) is 3.99. The van der Waals surface area contributed by atoms with E-state index < -0.39 is 0 Å². The molecule has 108 valence electrons. The lowest BCUT2D eigenvalue weighted by Gasteiger charge is -2.26. The van der Waals surface area contributed by atoms with Crippen molar-refractivity contribution in [3.63, 3.8) is 0 Å². The van der Waals surface area contributed by atoms with E-state index in [4.69, 9.17) is 4.74 Å². The van der Waals surface area contributed by atoms with Crippen LogP contribution in [0.15, 0.2) is 18.2 Å². The molecule has 1 unspecified atom stereocenters. The summed E-state index contributed by atoms with van der Waals surface area (Å²) in [5, 5.41) is 3.42. The monoisotopic (exact) mass is 267 g/mol.